The first-order valence-electron chi connectivity index (χ1n) is 4.48. The quantitative estimate of drug-likeness (QED) is 0.605. The Kier molecular flexibility index (Phi) is 2.72. The molecule has 11 heavy (non-hydrogen) atoms. The average molecular weight is 154 g/mol. The summed E-state index contributed by atoms with van der Waals surface area (Å²) in [6.45, 7) is 6.36. The molecule has 1 aliphatic rings. The zero-order chi connectivity index (χ0) is 8.43. The molecule has 0 amide bonds. The average Bonchev–Trinajstić information content (AvgIpc) is 2.33. The number of hydrogen-bond acceptors (Lipinski definition) is 1. The Balaban J connectivity index is 2.43. The number of hydrogen-bond donors (Lipinski definition) is 1. The first-order chi connectivity index (χ1) is 5.11. The minimum absolute atomic E-state index is 0.223. The summed E-state index contributed by atoms with van der Waals surface area (Å²) in [5.41, 5.74) is 1.24. The molecule has 1 rings (SSSR count). The first-order valence-corrected chi connectivity index (χ1v) is 4.48. The summed E-state index contributed by atoms with van der Waals surface area (Å²) in [4.78, 5) is 0. The Bertz CT molecular complexity index is 156. The Hall–Kier alpha value is -0.300. The van der Waals surface area contributed by atoms with E-state index in [-0.39, 0.29) is 6.10 Å². The second-order valence-corrected chi connectivity index (χ2v) is 3.90. The maximum Gasteiger partial charge on any atom is 0.0722 e. The fourth-order valence-electron chi connectivity index (χ4n) is 1.62. The van der Waals surface area contributed by atoms with Crippen LogP contribution in [-0.2, 0) is 0 Å². The zero-order valence-corrected chi connectivity index (χ0v) is 7.67. The van der Waals surface area contributed by atoms with E-state index in [9.17, 15) is 5.11 Å². The molecule has 0 saturated carbocycles. The van der Waals surface area contributed by atoms with Gasteiger partial charge in [-0.05, 0) is 37.2 Å². The summed E-state index contributed by atoms with van der Waals surface area (Å²) in [5.74, 6) is 1.53. The van der Waals surface area contributed by atoms with Gasteiger partial charge in [0.05, 0.1) is 6.10 Å². The molecule has 0 radical (unpaired) electrons. The van der Waals surface area contributed by atoms with Crippen LogP contribution in [0.2, 0.25) is 0 Å². The Labute approximate surface area is 69.1 Å². The van der Waals surface area contributed by atoms with Crippen LogP contribution in [0, 0.1) is 11.8 Å². The molecule has 1 nitrogen and oxygen atoms in total. The molecular formula is C10H18O. The third-order valence-electron chi connectivity index (χ3n) is 2.66. The molecule has 2 atom stereocenters. The van der Waals surface area contributed by atoms with Crippen molar-refractivity contribution >= 4 is 0 Å². The zero-order valence-electron chi connectivity index (χ0n) is 7.67. The minimum atomic E-state index is -0.223. The van der Waals surface area contributed by atoms with Crippen LogP contribution < -0.4 is 0 Å². The molecule has 0 fully saturated rings. The molecule has 0 aliphatic heterocycles. The lowest BCUT2D eigenvalue weighted by atomic mass is 9.92. The van der Waals surface area contributed by atoms with Gasteiger partial charge in [0.15, 0.2) is 0 Å². The van der Waals surface area contributed by atoms with Crippen LogP contribution in [-0.4, -0.2) is 11.2 Å². The van der Waals surface area contributed by atoms with E-state index < -0.39 is 0 Å². The molecule has 0 aromatic rings. The van der Waals surface area contributed by atoms with Crippen molar-refractivity contribution in [1.29, 1.82) is 0 Å². The number of allylic oxidation sites excluding steroid dienone is 1. The van der Waals surface area contributed by atoms with Crippen molar-refractivity contribution in [1.82, 2.24) is 0 Å². The fourth-order valence-corrected chi connectivity index (χ4v) is 1.62. The topological polar surface area (TPSA) is 20.2 Å². The molecule has 0 unspecified atom stereocenters. The van der Waals surface area contributed by atoms with Gasteiger partial charge in [0.2, 0.25) is 0 Å². The van der Waals surface area contributed by atoms with Crippen molar-refractivity contribution in [3.05, 3.63) is 11.6 Å². The van der Waals surface area contributed by atoms with Crippen LogP contribution in [0.25, 0.3) is 0 Å². The van der Waals surface area contributed by atoms with Gasteiger partial charge in [-0.1, -0.05) is 19.9 Å². The minimum Gasteiger partial charge on any atom is -0.389 e. The summed E-state index contributed by atoms with van der Waals surface area (Å²) in [6.07, 6.45) is 4.25. The van der Waals surface area contributed by atoms with Crippen LogP contribution in [0.5, 0.6) is 0 Å². The van der Waals surface area contributed by atoms with Crippen molar-refractivity contribution in [2.75, 3.05) is 0 Å². The summed E-state index contributed by atoms with van der Waals surface area (Å²) < 4.78 is 0. The predicted octanol–water partition coefficient (Wildman–Crippen LogP) is 2.36. The summed E-state index contributed by atoms with van der Waals surface area (Å²) in [7, 11) is 0. The maximum absolute atomic E-state index is 9.28. The maximum atomic E-state index is 9.28. The molecule has 64 valence electrons. The van der Waals surface area contributed by atoms with Gasteiger partial charge in [-0.25, -0.2) is 0 Å². The van der Waals surface area contributed by atoms with E-state index in [1.807, 2.05) is 6.92 Å². The van der Waals surface area contributed by atoms with Crippen molar-refractivity contribution in [2.24, 2.45) is 11.8 Å². The molecular weight excluding hydrogens is 136 g/mol. The molecule has 0 saturated heterocycles. The molecule has 1 aliphatic carbocycles. The number of aliphatic hydroxyl groups excluding tert-OH is 1. The van der Waals surface area contributed by atoms with Crippen molar-refractivity contribution in [2.45, 2.75) is 39.7 Å². The highest BCUT2D eigenvalue weighted by Crippen LogP contribution is 2.32. The van der Waals surface area contributed by atoms with Gasteiger partial charge in [0.25, 0.3) is 0 Å². The Morgan fingerprint density at radius 1 is 1.45 bits per heavy atom. The normalized spacial score (nSPS) is 27.4. The van der Waals surface area contributed by atoms with E-state index in [2.05, 4.69) is 19.9 Å². The summed E-state index contributed by atoms with van der Waals surface area (Å²) >= 11 is 0. The van der Waals surface area contributed by atoms with Gasteiger partial charge in [-0.15, -0.1) is 0 Å². The smallest absolute Gasteiger partial charge is 0.0722 e. The number of aliphatic hydroxyl groups is 1. The fraction of sp³-hybridized carbons (Fsp3) is 0.800. The van der Waals surface area contributed by atoms with E-state index >= 15 is 0 Å². The predicted molar refractivity (Wildman–Crippen MR) is 47.3 cm³/mol. The summed E-state index contributed by atoms with van der Waals surface area (Å²) in [5, 5.41) is 9.28. The summed E-state index contributed by atoms with van der Waals surface area (Å²) in [6, 6.07) is 0. The molecule has 0 spiro atoms. The van der Waals surface area contributed by atoms with Gasteiger partial charge in [0.1, 0.15) is 0 Å². The van der Waals surface area contributed by atoms with E-state index in [4.69, 9.17) is 0 Å². The molecule has 0 aromatic heterocycles. The van der Waals surface area contributed by atoms with E-state index in [0.717, 1.165) is 24.7 Å². The Morgan fingerprint density at radius 3 is 2.36 bits per heavy atom. The lowest BCUT2D eigenvalue weighted by molar-refractivity contribution is 0.224. The van der Waals surface area contributed by atoms with E-state index in [0.29, 0.717) is 0 Å². The molecule has 0 heterocycles. The monoisotopic (exact) mass is 154 g/mol. The highest BCUT2D eigenvalue weighted by atomic mass is 16.3. The van der Waals surface area contributed by atoms with Crippen molar-refractivity contribution in [3.63, 3.8) is 0 Å². The highest BCUT2D eigenvalue weighted by molar-refractivity contribution is 5.14. The largest absolute Gasteiger partial charge is 0.389 e. The van der Waals surface area contributed by atoms with Gasteiger partial charge in [-0.2, -0.15) is 0 Å². The van der Waals surface area contributed by atoms with Crippen molar-refractivity contribution < 1.29 is 5.11 Å². The standard InChI is InChI=1S/C10H18O/c1-7(2)9-4-5-10(6-9)8(3)11/h5,7-9,11H,4,6H2,1-3H3/t8-,9-/m1/s1. The first kappa shape index (κ1) is 8.79. The molecule has 0 aromatic carbocycles. The molecule has 1 N–H and O–H groups in total. The van der Waals surface area contributed by atoms with Crippen molar-refractivity contribution in [3.8, 4) is 0 Å². The lowest BCUT2D eigenvalue weighted by Gasteiger charge is -2.14. The molecule has 0 bridgehead atoms. The number of rotatable bonds is 2. The highest BCUT2D eigenvalue weighted by Gasteiger charge is 2.21. The van der Waals surface area contributed by atoms with Crippen LogP contribution in [0.1, 0.15) is 33.6 Å². The van der Waals surface area contributed by atoms with Gasteiger partial charge < -0.3 is 5.11 Å². The van der Waals surface area contributed by atoms with Crippen LogP contribution in [0.15, 0.2) is 11.6 Å². The van der Waals surface area contributed by atoms with E-state index in [1.54, 1.807) is 0 Å². The van der Waals surface area contributed by atoms with E-state index in [1.165, 1.54) is 5.57 Å². The second-order valence-electron chi connectivity index (χ2n) is 3.90. The third-order valence-corrected chi connectivity index (χ3v) is 2.66. The Morgan fingerprint density at radius 2 is 2.09 bits per heavy atom. The van der Waals surface area contributed by atoms with Crippen LogP contribution in [0.3, 0.4) is 0 Å². The second kappa shape index (κ2) is 3.40. The van der Waals surface area contributed by atoms with Gasteiger partial charge in [0, 0.05) is 0 Å². The molecule has 1 heteroatoms. The van der Waals surface area contributed by atoms with Crippen LogP contribution >= 0.6 is 0 Å². The lowest BCUT2D eigenvalue weighted by Crippen LogP contribution is -2.08. The van der Waals surface area contributed by atoms with Gasteiger partial charge >= 0.3 is 0 Å². The van der Waals surface area contributed by atoms with Crippen LogP contribution in [0.4, 0.5) is 0 Å². The SMILES string of the molecule is CC(C)[C@@H]1CC=C([C@@H](C)O)C1. The van der Waals surface area contributed by atoms with Gasteiger partial charge in [-0.3, -0.25) is 0 Å². The third kappa shape index (κ3) is 2.06.